The molecule has 1 heterocycles. The predicted molar refractivity (Wildman–Crippen MR) is 82.3 cm³/mol. The van der Waals surface area contributed by atoms with Gasteiger partial charge in [0.2, 0.25) is 5.91 Å². The number of hydrogen-bond acceptors (Lipinski definition) is 2. The molecular weight excluding hydrogens is 304 g/mol. The van der Waals surface area contributed by atoms with E-state index in [2.05, 4.69) is 33.5 Å². The average molecular weight is 325 g/mol. The van der Waals surface area contributed by atoms with E-state index < -0.39 is 0 Å². The van der Waals surface area contributed by atoms with Crippen molar-refractivity contribution >= 4 is 27.5 Å². The van der Waals surface area contributed by atoms with Crippen LogP contribution in [0.1, 0.15) is 31.7 Å². The predicted octanol–water partition coefficient (Wildman–Crippen LogP) is 3.48. The van der Waals surface area contributed by atoms with Crippen molar-refractivity contribution in [2.75, 3.05) is 18.4 Å². The van der Waals surface area contributed by atoms with Gasteiger partial charge >= 0.3 is 0 Å². The molecule has 0 radical (unpaired) electrons. The summed E-state index contributed by atoms with van der Waals surface area (Å²) in [7, 11) is 0. The van der Waals surface area contributed by atoms with Gasteiger partial charge in [-0.2, -0.15) is 0 Å². The van der Waals surface area contributed by atoms with E-state index in [9.17, 15) is 4.79 Å². The average Bonchev–Trinajstić information content (AvgIpc) is 2.84. The molecule has 4 heteroatoms. The Morgan fingerprint density at radius 3 is 2.95 bits per heavy atom. The third kappa shape index (κ3) is 3.18. The molecule has 3 nitrogen and oxygen atoms in total. The van der Waals surface area contributed by atoms with Crippen LogP contribution in [-0.2, 0) is 4.79 Å². The summed E-state index contributed by atoms with van der Waals surface area (Å²) < 4.78 is 0.988. The van der Waals surface area contributed by atoms with Gasteiger partial charge in [-0.05, 0) is 44.0 Å². The maximum Gasteiger partial charge on any atom is 0.231 e. The van der Waals surface area contributed by atoms with E-state index in [4.69, 9.17) is 0 Å². The van der Waals surface area contributed by atoms with Crippen molar-refractivity contribution in [2.45, 2.75) is 33.1 Å². The maximum atomic E-state index is 12.6. The Morgan fingerprint density at radius 2 is 2.32 bits per heavy atom. The minimum Gasteiger partial charge on any atom is -0.325 e. The molecule has 0 aliphatic carbocycles. The molecule has 1 atom stereocenters. The van der Waals surface area contributed by atoms with Crippen LogP contribution in [0.5, 0.6) is 0 Å². The van der Waals surface area contributed by atoms with Gasteiger partial charge in [0.1, 0.15) is 0 Å². The van der Waals surface area contributed by atoms with E-state index in [0.29, 0.717) is 0 Å². The molecule has 0 aromatic heterocycles. The number of carbonyl (C=O) groups is 1. The molecule has 0 spiro atoms. The lowest BCUT2D eigenvalue weighted by Crippen LogP contribution is -2.38. The van der Waals surface area contributed by atoms with Crippen LogP contribution in [0.4, 0.5) is 5.69 Å². The number of benzene rings is 1. The minimum absolute atomic E-state index is 0.153. The molecule has 1 aromatic carbocycles. The summed E-state index contributed by atoms with van der Waals surface area (Å²) in [6, 6.07) is 5.97. The number of aryl methyl sites for hydroxylation is 1. The molecule has 1 fully saturated rings. The number of carbonyl (C=O) groups excluding carboxylic acids is 1. The first-order valence-electron chi connectivity index (χ1n) is 6.86. The number of rotatable bonds is 4. The van der Waals surface area contributed by atoms with Gasteiger partial charge in [0, 0.05) is 16.7 Å². The van der Waals surface area contributed by atoms with Gasteiger partial charge in [-0.15, -0.1) is 0 Å². The van der Waals surface area contributed by atoms with Crippen molar-refractivity contribution in [3.63, 3.8) is 0 Å². The van der Waals surface area contributed by atoms with Gasteiger partial charge in [0.15, 0.2) is 0 Å². The summed E-state index contributed by atoms with van der Waals surface area (Å²) in [4.78, 5) is 12.6. The third-order valence-electron chi connectivity index (χ3n) is 3.90. The van der Waals surface area contributed by atoms with Crippen molar-refractivity contribution in [2.24, 2.45) is 5.41 Å². The first kappa shape index (κ1) is 14.5. The van der Waals surface area contributed by atoms with E-state index in [-0.39, 0.29) is 11.3 Å². The van der Waals surface area contributed by atoms with Crippen molar-refractivity contribution < 1.29 is 4.79 Å². The van der Waals surface area contributed by atoms with E-state index in [1.54, 1.807) is 0 Å². The van der Waals surface area contributed by atoms with Crippen LogP contribution >= 0.6 is 15.9 Å². The van der Waals surface area contributed by atoms with Gasteiger partial charge in [0.25, 0.3) is 0 Å². The Labute approximate surface area is 123 Å². The van der Waals surface area contributed by atoms with Crippen LogP contribution < -0.4 is 10.6 Å². The smallest absolute Gasteiger partial charge is 0.231 e. The van der Waals surface area contributed by atoms with Crippen LogP contribution in [0.2, 0.25) is 0 Å². The largest absolute Gasteiger partial charge is 0.325 e. The first-order chi connectivity index (χ1) is 9.07. The van der Waals surface area contributed by atoms with Crippen molar-refractivity contribution in [1.82, 2.24) is 5.32 Å². The fraction of sp³-hybridized carbons (Fsp3) is 0.533. The lowest BCUT2D eigenvalue weighted by molar-refractivity contribution is -0.125. The van der Waals surface area contributed by atoms with E-state index in [1.807, 2.05) is 25.1 Å². The zero-order valence-corrected chi connectivity index (χ0v) is 13.1. The number of anilines is 1. The normalized spacial score (nSPS) is 22.5. The Hall–Kier alpha value is -0.870. The molecule has 19 heavy (non-hydrogen) atoms. The summed E-state index contributed by atoms with van der Waals surface area (Å²) in [6.07, 6.45) is 2.91. The molecule has 1 saturated heterocycles. The van der Waals surface area contributed by atoms with Crippen molar-refractivity contribution in [3.05, 3.63) is 28.2 Å². The van der Waals surface area contributed by atoms with E-state index in [1.165, 1.54) is 0 Å². The maximum absolute atomic E-state index is 12.6. The van der Waals surface area contributed by atoms with Crippen LogP contribution in [0.25, 0.3) is 0 Å². The quantitative estimate of drug-likeness (QED) is 0.890. The molecule has 1 unspecified atom stereocenters. The van der Waals surface area contributed by atoms with E-state index in [0.717, 1.165) is 48.1 Å². The van der Waals surface area contributed by atoms with Crippen LogP contribution in [0.15, 0.2) is 22.7 Å². The Bertz CT molecular complexity index is 467. The van der Waals surface area contributed by atoms with Crippen LogP contribution in [0, 0.1) is 12.3 Å². The fourth-order valence-corrected chi connectivity index (χ4v) is 3.09. The third-order valence-corrected chi connectivity index (χ3v) is 4.40. The van der Waals surface area contributed by atoms with Crippen LogP contribution in [-0.4, -0.2) is 19.0 Å². The molecule has 1 aromatic rings. The lowest BCUT2D eigenvalue weighted by Gasteiger charge is -2.27. The molecule has 104 valence electrons. The standard InChI is InChI=1S/C15H21BrN2O/c1-3-6-15(7-8-17-10-15)14(19)18-13-9-12(16)5-4-11(13)2/h4-5,9,17H,3,6-8,10H2,1-2H3,(H,18,19). The second kappa shape index (κ2) is 6.06. The van der Waals surface area contributed by atoms with Gasteiger partial charge < -0.3 is 10.6 Å². The highest BCUT2D eigenvalue weighted by atomic mass is 79.9. The topological polar surface area (TPSA) is 41.1 Å². The Morgan fingerprint density at radius 1 is 1.53 bits per heavy atom. The highest BCUT2D eigenvalue weighted by Crippen LogP contribution is 2.33. The summed E-state index contributed by atoms with van der Waals surface area (Å²) in [5, 5.41) is 6.43. The molecule has 1 amide bonds. The summed E-state index contributed by atoms with van der Waals surface area (Å²) in [5.41, 5.74) is 1.76. The monoisotopic (exact) mass is 324 g/mol. The molecular formula is C15H21BrN2O. The van der Waals surface area contributed by atoms with Gasteiger partial charge in [-0.25, -0.2) is 0 Å². The SMILES string of the molecule is CCCC1(C(=O)Nc2cc(Br)ccc2C)CCNC1. The van der Waals surface area contributed by atoms with Crippen LogP contribution in [0.3, 0.4) is 0 Å². The number of nitrogens with one attached hydrogen (secondary N) is 2. The number of halogens is 1. The Balaban J connectivity index is 2.17. The second-order valence-corrected chi connectivity index (χ2v) is 6.29. The Kier molecular flexibility index (Phi) is 4.63. The molecule has 0 bridgehead atoms. The lowest BCUT2D eigenvalue weighted by atomic mass is 9.81. The van der Waals surface area contributed by atoms with Gasteiger partial charge in [-0.3, -0.25) is 4.79 Å². The number of amides is 1. The van der Waals surface area contributed by atoms with E-state index >= 15 is 0 Å². The molecule has 2 N–H and O–H groups in total. The molecule has 2 rings (SSSR count). The fourth-order valence-electron chi connectivity index (χ4n) is 2.73. The molecule has 1 aliphatic rings. The minimum atomic E-state index is -0.233. The summed E-state index contributed by atoms with van der Waals surface area (Å²) >= 11 is 3.45. The second-order valence-electron chi connectivity index (χ2n) is 5.37. The zero-order chi connectivity index (χ0) is 13.9. The summed E-state index contributed by atoms with van der Waals surface area (Å²) in [6.45, 7) is 5.88. The summed E-state index contributed by atoms with van der Waals surface area (Å²) in [5.74, 6) is 0.153. The zero-order valence-electron chi connectivity index (χ0n) is 11.6. The first-order valence-corrected chi connectivity index (χ1v) is 7.65. The van der Waals surface area contributed by atoms with Crippen molar-refractivity contribution in [3.8, 4) is 0 Å². The highest BCUT2D eigenvalue weighted by Gasteiger charge is 2.40. The van der Waals surface area contributed by atoms with Gasteiger partial charge in [-0.1, -0.05) is 35.3 Å². The highest BCUT2D eigenvalue weighted by molar-refractivity contribution is 9.10. The number of hydrogen-bond donors (Lipinski definition) is 2. The van der Waals surface area contributed by atoms with Crippen molar-refractivity contribution in [1.29, 1.82) is 0 Å². The molecule has 1 aliphatic heterocycles. The molecule has 0 saturated carbocycles. The van der Waals surface area contributed by atoms with Gasteiger partial charge in [0.05, 0.1) is 5.41 Å².